The van der Waals surface area contributed by atoms with Gasteiger partial charge in [0.25, 0.3) is 0 Å². The molecule has 0 aromatic heterocycles. The molecular formula is C14H20ClNO. The van der Waals surface area contributed by atoms with Crippen LogP contribution in [0.5, 0.6) is 5.75 Å². The number of alkyl halides is 1. The minimum Gasteiger partial charge on any atom is -0.496 e. The lowest BCUT2D eigenvalue weighted by atomic mass is 10.1. The van der Waals surface area contributed by atoms with Crippen LogP contribution >= 0.6 is 11.6 Å². The van der Waals surface area contributed by atoms with E-state index in [1.165, 1.54) is 24.8 Å². The highest BCUT2D eigenvalue weighted by Crippen LogP contribution is 2.27. The van der Waals surface area contributed by atoms with Gasteiger partial charge in [0.05, 0.1) is 7.11 Å². The molecule has 0 aliphatic heterocycles. The maximum Gasteiger partial charge on any atom is 0.123 e. The van der Waals surface area contributed by atoms with Crippen molar-refractivity contribution >= 4 is 11.6 Å². The molecule has 0 spiro atoms. The molecule has 1 aromatic rings. The summed E-state index contributed by atoms with van der Waals surface area (Å²) in [5.41, 5.74) is 1.22. The smallest absolute Gasteiger partial charge is 0.123 e. The molecule has 0 saturated heterocycles. The first-order chi connectivity index (χ1) is 8.35. The summed E-state index contributed by atoms with van der Waals surface area (Å²) in [6.45, 7) is 0.863. The maximum atomic E-state index is 5.98. The molecule has 1 aliphatic carbocycles. The Hall–Kier alpha value is -0.730. The summed E-state index contributed by atoms with van der Waals surface area (Å²) < 4.78 is 5.35. The zero-order valence-electron chi connectivity index (χ0n) is 10.3. The van der Waals surface area contributed by atoms with Crippen LogP contribution in [-0.4, -0.2) is 19.0 Å². The van der Waals surface area contributed by atoms with E-state index in [1.54, 1.807) is 7.11 Å². The highest BCUT2D eigenvalue weighted by Gasteiger charge is 2.25. The van der Waals surface area contributed by atoms with Crippen molar-refractivity contribution in [2.45, 2.75) is 31.8 Å². The number of hydrogen-bond donors (Lipinski definition) is 1. The van der Waals surface area contributed by atoms with Gasteiger partial charge < -0.3 is 10.1 Å². The van der Waals surface area contributed by atoms with E-state index < -0.39 is 0 Å². The first-order valence-electron chi connectivity index (χ1n) is 6.26. The van der Waals surface area contributed by atoms with Crippen LogP contribution < -0.4 is 10.1 Å². The average Bonchev–Trinajstić information content (AvgIpc) is 2.84. The van der Waals surface area contributed by atoms with E-state index in [-0.39, 0.29) is 0 Å². The molecule has 2 unspecified atom stereocenters. The van der Waals surface area contributed by atoms with E-state index in [1.807, 2.05) is 18.2 Å². The molecule has 1 saturated carbocycles. The van der Waals surface area contributed by atoms with Crippen LogP contribution in [0.2, 0.25) is 0 Å². The van der Waals surface area contributed by atoms with E-state index in [9.17, 15) is 0 Å². The molecule has 1 aromatic carbocycles. The second-order valence-electron chi connectivity index (χ2n) is 4.64. The van der Waals surface area contributed by atoms with Crippen LogP contribution in [0, 0.1) is 5.92 Å². The molecule has 0 heterocycles. The third kappa shape index (κ3) is 3.14. The molecule has 1 N–H and O–H groups in total. The van der Waals surface area contributed by atoms with Gasteiger partial charge in [-0.2, -0.15) is 0 Å². The number of para-hydroxylation sites is 1. The number of rotatable bonds is 5. The number of benzene rings is 1. The summed E-state index contributed by atoms with van der Waals surface area (Å²) in [5.74, 6) is 2.36. The van der Waals surface area contributed by atoms with Crippen molar-refractivity contribution in [3.8, 4) is 5.75 Å². The fourth-order valence-corrected chi connectivity index (χ4v) is 2.95. The molecule has 2 rings (SSSR count). The largest absolute Gasteiger partial charge is 0.496 e. The monoisotopic (exact) mass is 253 g/mol. The lowest BCUT2D eigenvalue weighted by molar-refractivity contribution is 0.396. The molecule has 1 fully saturated rings. The van der Waals surface area contributed by atoms with Gasteiger partial charge in [-0.1, -0.05) is 24.6 Å². The Bertz CT molecular complexity index is 356. The summed E-state index contributed by atoms with van der Waals surface area (Å²) in [4.78, 5) is 0. The van der Waals surface area contributed by atoms with E-state index in [2.05, 4.69) is 11.4 Å². The predicted octanol–water partition coefficient (Wildman–Crippen LogP) is 3.19. The Labute approximate surface area is 108 Å². The van der Waals surface area contributed by atoms with Crippen molar-refractivity contribution in [2.75, 3.05) is 13.0 Å². The lowest BCUT2D eigenvalue weighted by Crippen LogP contribution is -2.32. The van der Waals surface area contributed by atoms with E-state index in [4.69, 9.17) is 16.3 Å². The standard InChI is InChI=1S/C14H20ClNO/c1-17-14-8-3-2-5-12(14)10-16-13-7-4-6-11(13)9-15/h2-3,5,8,11,13,16H,4,6-7,9-10H2,1H3. The normalized spacial score (nSPS) is 23.9. The molecule has 0 amide bonds. The lowest BCUT2D eigenvalue weighted by Gasteiger charge is -2.19. The Balaban J connectivity index is 1.93. The van der Waals surface area contributed by atoms with Gasteiger partial charge in [-0.15, -0.1) is 11.6 Å². The molecule has 17 heavy (non-hydrogen) atoms. The van der Waals surface area contributed by atoms with Gasteiger partial charge in [-0.3, -0.25) is 0 Å². The Morgan fingerprint density at radius 1 is 1.35 bits per heavy atom. The van der Waals surface area contributed by atoms with Crippen LogP contribution in [0.1, 0.15) is 24.8 Å². The Morgan fingerprint density at radius 2 is 2.18 bits per heavy atom. The zero-order chi connectivity index (χ0) is 12.1. The average molecular weight is 254 g/mol. The van der Waals surface area contributed by atoms with Gasteiger partial charge in [0.2, 0.25) is 0 Å². The fourth-order valence-electron chi connectivity index (χ4n) is 2.58. The number of nitrogens with one attached hydrogen (secondary N) is 1. The van der Waals surface area contributed by atoms with Crippen molar-refractivity contribution in [1.29, 1.82) is 0 Å². The molecule has 0 radical (unpaired) electrons. The number of halogens is 1. The van der Waals surface area contributed by atoms with Crippen LogP contribution in [0.25, 0.3) is 0 Å². The van der Waals surface area contributed by atoms with Gasteiger partial charge in [-0.05, 0) is 24.8 Å². The summed E-state index contributed by atoms with van der Waals surface area (Å²) >= 11 is 5.98. The zero-order valence-corrected chi connectivity index (χ0v) is 11.0. The summed E-state index contributed by atoms with van der Waals surface area (Å²) in [7, 11) is 1.72. The molecule has 2 atom stereocenters. The van der Waals surface area contributed by atoms with Crippen molar-refractivity contribution in [3.05, 3.63) is 29.8 Å². The number of hydrogen-bond acceptors (Lipinski definition) is 2. The molecule has 3 heteroatoms. The molecule has 1 aliphatic rings. The number of methoxy groups -OCH3 is 1. The third-order valence-corrected chi connectivity index (χ3v) is 4.00. The van der Waals surface area contributed by atoms with Crippen LogP contribution in [0.15, 0.2) is 24.3 Å². The highest BCUT2D eigenvalue weighted by molar-refractivity contribution is 6.18. The second kappa shape index (κ2) is 6.27. The molecule has 2 nitrogen and oxygen atoms in total. The third-order valence-electron chi connectivity index (χ3n) is 3.60. The molecule has 94 valence electrons. The minimum atomic E-state index is 0.567. The Morgan fingerprint density at radius 3 is 2.94 bits per heavy atom. The van der Waals surface area contributed by atoms with Crippen molar-refractivity contribution in [3.63, 3.8) is 0 Å². The second-order valence-corrected chi connectivity index (χ2v) is 4.95. The first kappa shape index (κ1) is 12.7. The van der Waals surface area contributed by atoms with Gasteiger partial charge in [0, 0.05) is 24.0 Å². The summed E-state index contributed by atoms with van der Waals surface area (Å²) in [5, 5.41) is 3.61. The first-order valence-corrected chi connectivity index (χ1v) is 6.80. The SMILES string of the molecule is COc1ccccc1CNC1CCCC1CCl. The van der Waals surface area contributed by atoms with Gasteiger partial charge in [0.1, 0.15) is 5.75 Å². The topological polar surface area (TPSA) is 21.3 Å². The van der Waals surface area contributed by atoms with Crippen LogP contribution in [0.3, 0.4) is 0 Å². The van der Waals surface area contributed by atoms with E-state index >= 15 is 0 Å². The summed E-state index contributed by atoms with van der Waals surface area (Å²) in [6.07, 6.45) is 3.79. The fraction of sp³-hybridized carbons (Fsp3) is 0.571. The van der Waals surface area contributed by atoms with Crippen LogP contribution in [0.4, 0.5) is 0 Å². The van der Waals surface area contributed by atoms with E-state index in [0.717, 1.165) is 18.2 Å². The van der Waals surface area contributed by atoms with Gasteiger partial charge in [-0.25, -0.2) is 0 Å². The van der Waals surface area contributed by atoms with E-state index in [0.29, 0.717) is 12.0 Å². The quantitative estimate of drug-likeness (QED) is 0.814. The highest BCUT2D eigenvalue weighted by atomic mass is 35.5. The molecule has 0 bridgehead atoms. The minimum absolute atomic E-state index is 0.567. The van der Waals surface area contributed by atoms with Gasteiger partial charge >= 0.3 is 0 Å². The van der Waals surface area contributed by atoms with Crippen molar-refractivity contribution in [1.82, 2.24) is 5.32 Å². The maximum absolute atomic E-state index is 5.98. The Kier molecular flexibility index (Phi) is 4.69. The van der Waals surface area contributed by atoms with Crippen molar-refractivity contribution in [2.24, 2.45) is 5.92 Å². The summed E-state index contributed by atoms with van der Waals surface area (Å²) in [6, 6.07) is 8.73. The molecular weight excluding hydrogens is 234 g/mol. The van der Waals surface area contributed by atoms with Crippen LogP contribution in [-0.2, 0) is 6.54 Å². The van der Waals surface area contributed by atoms with Crippen molar-refractivity contribution < 1.29 is 4.74 Å². The predicted molar refractivity (Wildman–Crippen MR) is 71.7 cm³/mol. The number of ether oxygens (including phenoxy) is 1. The van der Waals surface area contributed by atoms with Gasteiger partial charge in [0.15, 0.2) is 0 Å².